The molecule has 0 atom stereocenters. The number of aromatic amines is 2. The van der Waals surface area contributed by atoms with Gasteiger partial charge in [0.25, 0.3) is 0 Å². The molecule has 0 fully saturated rings. The van der Waals surface area contributed by atoms with E-state index in [1.165, 1.54) is 0 Å². The van der Waals surface area contributed by atoms with Crippen LogP contribution in [-0.4, -0.2) is 25.1 Å². The van der Waals surface area contributed by atoms with Gasteiger partial charge in [0.1, 0.15) is 17.3 Å². The van der Waals surface area contributed by atoms with Crippen molar-refractivity contribution in [1.29, 1.82) is 0 Å². The van der Waals surface area contributed by atoms with Gasteiger partial charge in [0.05, 0.1) is 11.1 Å². The van der Waals surface area contributed by atoms with E-state index in [0.29, 0.717) is 11.5 Å². The summed E-state index contributed by atoms with van der Waals surface area (Å²) >= 11 is 5.84. The number of halogens is 1. The third-order valence-corrected chi connectivity index (χ3v) is 2.52. The van der Waals surface area contributed by atoms with Crippen LogP contribution >= 0.6 is 11.6 Å². The number of anilines is 2. The van der Waals surface area contributed by atoms with Crippen molar-refractivity contribution in [3.63, 3.8) is 0 Å². The van der Waals surface area contributed by atoms with E-state index in [1.54, 1.807) is 6.20 Å². The number of aromatic nitrogens is 5. The lowest BCUT2D eigenvalue weighted by Gasteiger charge is -2.03. The van der Waals surface area contributed by atoms with Crippen LogP contribution in [0, 0.1) is 6.92 Å². The molecule has 86 valence electrons. The molecule has 3 aromatic rings. The van der Waals surface area contributed by atoms with Crippen molar-refractivity contribution >= 4 is 34.3 Å². The van der Waals surface area contributed by atoms with Gasteiger partial charge in [-0.25, -0.2) is 0 Å². The molecule has 0 bridgehead atoms. The molecule has 3 aromatic heterocycles. The Morgan fingerprint density at radius 3 is 3.00 bits per heavy atom. The minimum atomic E-state index is 0.193. The van der Waals surface area contributed by atoms with Gasteiger partial charge in [0, 0.05) is 12.3 Å². The number of rotatable bonds is 2. The lowest BCUT2D eigenvalue weighted by molar-refractivity contribution is 1.05. The molecule has 0 saturated heterocycles. The molecular formula is C10H9ClN6. The van der Waals surface area contributed by atoms with Crippen molar-refractivity contribution in [3.05, 3.63) is 29.3 Å². The maximum absolute atomic E-state index is 5.84. The Hall–Kier alpha value is -2.08. The third kappa shape index (κ3) is 1.83. The highest BCUT2D eigenvalue weighted by Gasteiger charge is 2.08. The van der Waals surface area contributed by atoms with Crippen molar-refractivity contribution in [2.45, 2.75) is 6.92 Å². The van der Waals surface area contributed by atoms with Crippen molar-refractivity contribution in [2.24, 2.45) is 0 Å². The minimum Gasteiger partial charge on any atom is -0.346 e. The van der Waals surface area contributed by atoms with E-state index in [-0.39, 0.29) is 5.28 Å². The first-order chi connectivity index (χ1) is 8.22. The molecule has 0 aromatic carbocycles. The number of nitrogens with one attached hydrogen (secondary N) is 3. The average Bonchev–Trinajstić information content (AvgIpc) is 2.87. The number of fused-ring (bicyclic) bond motifs is 1. The van der Waals surface area contributed by atoms with E-state index < -0.39 is 0 Å². The zero-order valence-electron chi connectivity index (χ0n) is 8.95. The Bertz CT molecular complexity index is 670. The van der Waals surface area contributed by atoms with Crippen LogP contribution in [-0.2, 0) is 0 Å². The Morgan fingerprint density at radius 1 is 1.35 bits per heavy atom. The number of hydrogen-bond donors (Lipinski definition) is 3. The van der Waals surface area contributed by atoms with Crippen molar-refractivity contribution in [3.8, 4) is 0 Å². The topological polar surface area (TPSA) is 82.3 Å². The minimum absolute atomic E-state index is 0.193. The van der Waals surface area contributed by atoms with E-state index >= 15 is 0 Å². The fraction of sp³-hybridized carbons (Fsp3) is 0.100. The van der Waals surface area contributed by atoms with Crippen LogP contribution in [0.25, 0.3) is 11.0 Å². The Labute approximate surface area is 101 Å². The molecule has 6 nitrogen and oxygen atoms in total. The Morgan fingerprint density at radius 2 is 2.24 bits per heavy atom. The Balaban J connectivity index is 2.07. The maximum Gasteiger partial charge on any atom is 0.226 e. The molecule has 3 rings (SSSR count). The van der Waals surface area contributed by atoms with Gasteiger partial charge in [-0.2, -0.15) is 15.1 Å². The summed E-state index contributed by atoms with van der Waals surface area (Å²) in [7, 11) is 0. The van der Waals surface area contributed by atoms with E-state index in [1.807, 2.05) is 19.1 Å². The van der Waals surface area contributed by atoms with Crippen LogP contribution < -0.4 is 5.32 Å². The van der Waals surface area contributed by atoms with Crippen LogP contribution in [0.4, 0.5) is 11.6 Å². The molecule has 7 heteroatoms. The Kier molecular flexibility index (Phi) is 2.22. The van der Waals surface area contributed by atoms with Gasteiger partial charge in [0.2, 0.25) is 5.28 Å². The first kappa shape index (κ1) is 10.1. The second-order valence-corrected chi connectivity index (χ2v) is 3.97. The standard InChI is InChI=1S/C10H9ClN6/c1-5-4-7(17-16-5)13-9-6-2-3-12-8(6)14-10(11)15-9/h2-4H,1H3,(H3,12,13,14,15,16,17). The molecule has 0 unspecified atom stereocenters. The van der Waals surface area contributed by atoms with E-state index in [9.17, 15) is 0 Å². The average molecular weight is 249 g/mol. The highest BCUT2D eigenvalue weighted by molar-refractivity contribution is 6.28. The summed E-state index contributed by atoms with van der Waals surface area (Å²) in [5.41, 5.74) is 1.60. The second kappa shape index (κ2) is 3.74. The molecule has 3 N–H and O–H groups in total. The molecule has 0 radical (unpaired) electrons. The SMILES string of the molecule is Cc1cc(Nc2nc(Cl)nc3[nH]ccc23)[nH]n1. The first-order valence-electron chi connectivity index (χ1n) is 5.02. The van der Waals surface area contributed by atoms with Crippen LogP contribution in [0.15, 0.2) is 18.3 Å². The van der Waals surface area contributed by atoms with Crippen molar-refractivity contribution < 1.29 is 0 Å². The summed E-state index contributed by atoms with van der Waals surface area (Å²) in [5, 5.41) is 11.1. The largest absolute Gasteiger partial charge is 0.346 e. The van der Waals surface area contributed by atoms with Gasteiger partial charge in [0.15, 0.2) is 0 Å². The second-order valence-electron chi connectivity index (χ2n) is 3.63. The number of hydrogen-bond acceptors (Lipinski definition) is 4. The molecule has 0 aliphatic heterocycles. The summed E-state index contributed by atoms with van der Waals surface area (Å²) < 4.78 is 0. The summed E-state index contributed by atoms with van der Waals surface area (Å²) in [5.74, 6) is 1.41. The van der Waals surface area contributed by atoms with Crippen LogP contribution in [0.2, 0.25) is 5.28 Å². The molecule has 0 amide bonds. The van der Waals surface area contributed by atoms with Gasteiger partial charge in [-0.05, 0) is 24.6 Å². The van der Waals surface area contributed by atoms with Crippen molar-refractivity contribution in [1.82, 2.24) is 25.1 Å². The van der Waals surface area contributed by atoms with Crippen molar-refractivity contribution in [2.75, 3.05) is 5.32 Å². The zero-order chi connectivity index (χ0) is 11.8. The predicted molar refractivity (Wildman–Crippen MR) is 65.5 cm³/mol. The number of nitrogens with zero attached hydrogens (tertiary/aromatic N) is 3. The molecule has 3 heterocycles. The summed E-state index contributed by atoms with van der Waals surface area (Å²) in [6, 6.07) is 3.77. The van der Waals surface area contributed by atoms with Gasteiger partial charge < -0.3 is 10.3 Å². The summed E-state index contributed by atoms with van der Waals surface area (Å²) in [6.07, 6.45) is 1.79. The highest BCUT2D eigenvalue weighted by Crippen LogP contribution is 2.23. The van der Waals surface area contributed by atoms with Gasteiger partial charge in [-0.1, -0.05) is 0 Å². The van der Waals surface area contributed by atoms with E-state index in [4.69, 9.17) is 11.6 Å². The highest BCUT2D eigenvalue weighted by atomic mass is 35.5. The number of H-pyrrole nitrogens is 2. The zero-order valence-corrected chi connectivity index (χ0v) is 9.71. The molecule has 0 aliphatic carbocycles. The third-order valence-electron chi connectivity index (χ3n) is 2.35. The molecule has 0 spiro atoms. The summed E-state index contributed by atoms with van der Waals surface area (Å²) in [6.45, 7) is 1.90. The molecule has 0 aliphatic rings. The van der Waals surface area contributed by atoms with Crippen LogP contribution in [0.5, 0.6) is 0 Å². The molecule has 0 saturated carbocycles. The lowest BCUT2D eigenvalue weighted by Crippen LogP contribution is -1.96. The quantitative estimate of drug-likeness (QED) is 0.608. The monoisotopic (exact) mass is 248 g/mol. The van der Waals surface area contributed by atoms with Crippen LogP contribution in [0.1, 0.15) is 5.69 Å². The normalized spacial score (nSPS) is 10.9. The van der Waals surface area contributed by atoms with E-state index in [2.05, 4.69) is 30.5 Å². The fourth-order valence-corrected chi connectivity index (χ4v) is 1.79. The van der Waals surface area contributed by atoms with Gasteiger partial charge in [-0.15, -0.1) is 0 Å². The first-order valence-corrected chi connectivity index (χ1v) is 5.40. The predicted octanol–water partition coefficient (Wildman–Crippen LogP) is 2.39. The van der Waals surface area contributed by atoms with E-state index in [0.717, 1.165) is 16.9 Å². The van der Waals surface area contributed by atoms with Gasteiger partial charge >= 0.3 is 0 Å². The van der Waals surface area contributed by atoms with Gasteiger partial charge in [-0.3, -0.25) is 5.10 Å². The summed E-state index contributed by atoms with van der Waals surface area (Å²) in [4.78, 5) is 11.2. The molecular weight excluding hydrogens is 240 g/mol. The number of aryl methyl sites for hydroxylation is 1. The van der Waals surface area contributed by atoms with Crippen LogP contribution in [0.3, 0.4) is 0 Å². The fourth-order valence-electron chi connectivity index (χ4n) is 1.62. The smallest absolute Gasteiger partial charge is 0.226 e. The molecule has 17 heavy (non-hydrogen) atoms. The lowest BCUT2D eigenvalue weighted by atomic mass is 10.3. The maximum atomic E-state index is 5.84.